The zero-order chi connectivity index (χ0) is 22.3. The number of hydrogen-bond donors (Lipinski definition) is 1. The molecule has 1 amide bonds. The zero-order valence-electron chi connectivity index (χ0n) is 17.8. The Balaban J connectivity index is 1.66. The molecule has 2 heterocycles. The summed E-state index contributed by atoms with van der Waals surface area (Å²) in [4.78, 5) is 17.7. The van der Waals surface area contributed by atoms with E-state index in [-0.39, 0.29) is 12.5 Å². The minimum Gasteiger partial charge on any atom is -0.319 e. The summed E-state index contributed by atoms with van der Waals surface area (Å²) in [5.74, 6) is -2.04. The minimum absolute atomic E-state index is 0.250. The van der Waals surface area contributed by atoms with Crippen LogP contribution in [-0.4, -0.2) is 20.7 Å². The van der Waals surface area contributed by atoms with Crippen LogP contribution in [0.25, 0.3) is 10.9 Å². The van der Waals surface area contributed by atoms with Gasteiger partial charge in [0, 0.05) is 11.1 Å². The van der Waals surface area contributed by atoms with Crippen LogP contribution in [0.15, 0.2) is 42.5 Å². The maximum absolute atomic E-state index is 13.5. The lowest BCUT2D eigenvalue weighted by Crippen LogP contribution is -2.14. The van der Waals surface area contributed by atoms with E-state index in [2.05, 4.69) is 15.4 Å². The van der Waals surface area contributed by atoms with Gasteiger partial charge in [-0.05, 0) is 63.6 Å². The molecule has 0 saturated heterocycles. The van der Waals surface area contributed by atoms with Gasteiger partial charge >= 0.3 is 0 Å². The molecule has 0 spiro atoms. The van der Waals surface area contributed by atoms with Gasteiger partial charge in [-0.3, -0.25) is 14.5 Å². The summed E-state index contributed by atoms with van der Waals surface area (Å²) in [6.45, 7) is 7.71. The first-order chi connectivity index (χ1) is 14.7. The highest BCUT2D eigenvalue weighted by molar-refractivity contribution is 6.12. The lowest BCUT2D eigenvalue weighted by Gasteiger charge is -2.11. The normalized spacial score (nSPS) is 11.2. The van der Waals surface area contributed by atoms with Crippen LogP contribution in [-0.2, 0) is 6.54 Å². The van der Waals surface area contributed by atoms with Crippen molar-refractivity contribution in [3.63, 3.8) is 0 Å². The molecule has 4 rings (SSSR count). The Hall–Kier alpha value is -3.61. The van der Waals surface area contributed by atoms with E-state index in [1.807, 2.05) is 39.0 Å². The summed E-state index contributed by atoms with van der Waals surface area (Å²) in [5, 5.41) is 8.23. The number of pyridine rings is 1. The molecule has 0 bridgehead atoms. The van der Waals surface area contributed by atoms with Crippen molar-refractivity contribution < 1.29 is 13.6 Å². The second-order valence-electron chi connectivity index (χ2n) is 7.74. The minimum atomic E-state index is -0.900. The lowest BCUT2D eigenvalue weighted by atomic mass is 10.0. The number of fused-ring (bicyclic) bond motifs is 1. The average molecular weight is 420 g/mol. The second kappa shape index (κ2) is 7.91. The van der Waals surface area contributed by atoms with Gasteiger partial charge in [-0.2, -0.15) is 5.10 Å². The fourth-order valence-electron chi connectivity index (χ4n) is 3.68. The number of benzene rings is 2. The van der Waals surface area contributed by atoms with Gasteiger partial charge in [0.05, 0.1) is 34.7 Å². The van der Waals surface area contributed by atoms with Crippen molar-refractivity contribution in [2.24, 2.45) is 0 Å². The first-order valence-electron chi connectivity index (χ1n) is 9.90. The van der Waals surface area contributed by atoms with Crippen LogP contribution in [0, 0.1) is 39.3 Å². The van der Waals surface area contributed by atoms with Crippen molar-refractivity contribution in [2.75, 3.05) is 5.32 Å². The summed E-state index contributed by atoms with van der Waals surface area (Å²) in [6, 6.07) is 11.4. The van der Waals surface area contributed by atoms with Gasteiger partial charge in [-0.15, -0.1) is 0 Å². The molecule has 0 fully saturated rings. The Kier molecular flexibility index (Phi) is 5.27. The smallest absolute Gasteiger partial charge is 0.256 e. The number of rotatable bonds is 4. The van der Waals surface area contributed by atoms with Gasteiger partial charge < -0.3 is 5.32 Å². The monoisotopic (exact) mass is 420 g/mol. The molecule has 0 radical (unpaired) electrons. The summed E-state index contributed by atoms with van der Waals surface area (Å²) in [5.41, 5.74) is 5.64. The number of aromatic nitrogens is 3. The van der Waals surface area contributed by atoms with E-state index in [0.717, 1.165) is 40.0 Å². The van der Waals surface area contributed by atoms with Crippen molar-refractivity contribution in [1.29, 1.82) is 0 Å². The Morgan fingerprint density at radius 3 is 2.52 bits per heavy atom. The molecule has 0 saturated carbocycles. The van der Waals surface area contributed by atoms with E-state index < -0.39 is 11.6 Å². The van der Waals surface area contributed by atoms with Crippen LogP contribution < -0.4 is 5.32 Å². The molecule has 2 aromatic heterocycles. The topological polar surface area (TPSA) is 59.8 Å². The van der Waals surface area contributed by atoms with E-state index in [9.17, 15) is 13.6 Å². The van der Waals surface area contributed by atoms with E-state index in [1.54, 1.807) is 17.7 Å². The molecule has 158 valence electrons. The van der Waals surface area contributed by atoms with Crippen LogP contribution in [0.2, 0.25) is 0 Å². The summed E-state index contributed by atoms with van der Waals surface area (Å²) >= 11 is 0. The number of anilines is 1. The van der Waals surface area contributed by atoms with Gasteiger partial charge in [0.2, 0.25) is 0 Å². The highest BCUT2D eigenvalue weighted by atomic mass is 19.2. The third kappa shape index (κ3) is 4.03. The molecular formula is C24H22F2N4O. The van der Waals surface area contributed by atoms with Gasteiger partial charge in [0.15, 0.2) is 11.6 Å². The number of carbonyl (C=O) groups excluding carboxylic acids is 1. The third-order valence-corrected chi connectivity index (χ3v) is 5.27. The van der Waals surface area contributed by atoms with Crippen molar-refractivity contribution in [1.82, 2.24) is 14.8 Å². The van der Waals surface area contributed by atoms with Gasteiger partial charge in [0.1, 0.15) is 0 Å². The Bertz CT molecular complexity index is 1330. The number of aryl methyl sites for hydroxylation is 3. The predicted octanol–water partition coefficient (Wildman–Crippen LogP) is 5.24. The van der Waals surface area contributed by atoms with Crippen LogP contribution >= 0.6 is 0 Å². The summed E-state index contributed by atoms with van der Waals surface area (Å²) in [7, 11) is 0. The molecule has 5 nitrogen and oxygen atoms in total. The molecule has 0 atom stereocenters. The van der Waals surface area contributed by atoms with Crippen LogP contribution in [0.5, 0.6) is 0 Å². The van der Waals surface area contributed by atoms with Gasteiger partial charge in [-0.25, -0.2) is 8.78 Å². The number of carbonyl (C=O) groups is 1. The first-order valence-corrected chi connectivity index (χ1v) is 9.90. The maximum Gasteiger partial charge on any atom is 0.256 e. The standard InChI is InChI=1S/C24H22F2N4O/c1-13-5-8-22-18(9-13)19(10-14(2)27-22)24(31)28-23-15(3)29-30(16(23)4)12-17-6-7-20(25)21(26)11-17/h5-11H,12H2,1-4H3,(H,28,31). The Labute approximate surface area is 178 Å². The van der Waals surface area contributed by atoms with Crippen molar-refractivity contribution in [2.45, 2.75) is 34.2 Å². The van der Waals surface area contributed by atoms with Gasteiger partial charge in [-0.1, -0.05) is 17.7 Å². The van der Waals surface area contributed by atoms with Crippen molar-refractivity contribution in [3.05, 3.63) is 87.9 Å². The number of amides is 1. The van der Waals surface area contributed by atoms with Crippen molar-refractivity contribution >= 4 is 22.5 Å². The number of nitrogens with zero attached hydrogens (tertiary/aromatic N) is 3. The summed E-state index contributed by atoms with van der Waals surface area (Å²) < 4.78 is 28.4. The number of nitrogens with one attached hydrogen (secondary N) is 1. The maximum atomic E-state index is 13.5. The predicted molar refractivity (Wildman–Crippen MR) is 116 cm³/mol. The van der Waals surface area contributed by atoms with Crippen molar-refractivity contribution in [3.8, 4) is 0 Å². The molecule has 0 aliphatic heterocycles. The van der Waals surface area contributed by atoms with E-state index >= 15 is 0 Å². The van der Waals surface area contributed by atoms with Crippen LogP contribution in [0.4, 0.5) is 14.5 Å². The Morgan fingerprint density at radius 2 is 1.77 bits per heavy atom. The second-order valence-corrected chi connectivity index (χ2v) is 7.74. The molecule has 0 aliphatic rings. The molecule has 0 unspecified atom stereocenters. The SMILES string of the molecule is Cc1ccc2nc(C)cc(C(=O)Nc3c(C)nn(Cc4ccc(F)c(F)c4)c3C)c2c1. The molecule has 4 aromatic rings. The highest BCUT2D eigenvalue weighted by Crippen LogP contribution is 2.25. The Morgan fingerprint density at radius 1 is 1.00 bits per heavy atom. The summed E-state index contributed by atoms with van der Waals surface area (Å²) in [6.07, 6.45) is 0. The molecule has 7 heteroatoms. The average Bonchev–Trinajstić information content (AvgIpc) is 2.97. The van der Waals surface area contributed by atoms with E-state index in [0.29, 0.717) is 22.5 Å². The highest BCUT2D eigenvalue weighted by Gasteiger charge is 2.18. The molecule has 1 N–H and O–H groups in total. The number of hydrogen-bond acceptors (Lipinski definition) is 3. The van der Waals surface area contributed by atoms with E-state index in [1.165, 1.54) is 6.07 Å². The first kappa shape index (κ1) is 20.7. The number of halogens is 2. The zero-order valence-corrected chi connectivity index (χ0v) is 17.8. The molecule has 31 heavy (non-hydrogen) atoms. The molecular weight excluding hydrogens is 398 g/mol. The van der Waals surface area contributed by atoms with Crippen LogP contribution in [0.1, 0.15) is 38.6 Å². The van der Waals surface area contributed by atoms with Gasteiger partial charge in [0.25, 0.3) is 5.91 Å². The fraction of sp³-hybridized carbons (Fsp3) is 0.208. The van der Waals surface area contributed by atoms with E-state index in [4.69, 9.17) is 0 Å². The molecule has 0 aliphatic carbocycles. The third-order valence-electron chi connectivity index (χ3n) is 5.27. The fourth-order valence-corrected chi connectivity index (χ4v) is 3.68. The largest absolute Gasteiger partial charge is 0.319 e. The quantitative estimate of drug-likeness (QED) is 0.491. The van der Waals surface area contributed by atoms with Crippen LogP contribution in [0.3, 0.4) is 0 Å². The molecule has 2 aromatic carbocycles. The lowest BCUT2D eigenvalue weighted by molar-refractivity contribution is 0.102.